The van der Waals surface area contributed by atoms with Crippen LogP contribution in [0.25, 0.3) is 10.9 Å². The van der Waals surface area contributed by atoms with Crippen LogP contribution in [0.1, 0.15) is 37.9 Å². The van der Waals surface area contributed by atoms with Gasteiger partial charge < -0.3 is 4.74 Å². The maximum atomic E-state index is 13.9. The summed E-state index contributed by atoms with van der Waals surface area (Å²) in [4.78, 5) is 18.6. The van der Waals surface area contributed by atoms with E-state index in [0.717, 1.165) is 24.9 Å². The molecule has 5 rings (SSSR count). The van der Waals surface area contributed by atoms with Gasteiger partial charge in [0.05, 0.1) is 11.6 Å². The smallest absolute Gasteiger partial charge is 0.303 e. The van der Waals surface area contributed by atoms with Gasteiger partial charge in [-0.3, -0.25) is 14.7 Å². The number of rotatable bonds is 4. The molecule has 4 heterocycles. The van der Waals surface area contributed by atoms with Gasteiger partial charge in [-0.1, -0.05) is 6.08 Å². The summed E-state index contributed by atoms with van der Waals surface area (Å²) in [5.41, 5.74) is 1.53. The van der Waals surface area contributed by atoms with E-state index in [1.165, 1.54) is 25.5 Å². The van der Waals surface area contributed by atoms with Crippen LogP contribution in [0, 0.1) is 11.7 Å². The Kier molecular flexibility index (Phi) is 4.49. The molecule has 0 radical (unpaired) electrons. The fourth-order valence-electron chi connectivity index (χ4n) is 4.64. The molecule has 0 N–H and O–H groups in total. The van der Waals surface area contributed by atoms with Gasteiger partial charge in [0.25, 0.3) is 0 Å². The number of aromatic nitrogens is 1. The Morgan fingerprint density at radius 1 is 1.42 bits per heavy atom. The SMILES string of the molecule is C=C[C@H]1C[C@@H]2CC[N@@]1[C@H](C(OC(C)=O)c1ccnc3ccc(F)cc13)C2. The number of carbonyl (C=O) groups excluding carboxylic acids is 1. The molecule has 5 atom stereocenters. The van der Waals surface area contributed by atoms with Gasteiger partial charge in [-0.2, -0.15) is 0 Å². The van der Waals surface area contributed by atoms with E-state index in [0.29, 0.717) is 22.9 Å². The molecule has 2 bridgehead atoms. The van der Waals surface area contributed by atoms with Gasteiger partial charge in [0, 0.05) is 30.1 Å². The number of esters is 1. The summed E-state index contributed by atoms with van der Waals surface area (Å²) in [6.07, 6.45) is 6.51. The minimum atomic E-state index is -0.439. The molecular weight excluding hydrogens is 331 g/mol. The molecule has 0 aliphatic carbocycles. The third kappa shape index (κ3) is 3.01. The summed E-state index contributed by atoms with van der Waals surface area (Å²) < 4.78 is 19.7. The van der Waals surface area contributed by atoms with Gasteiger partial charge in [-0.05, 0) is 56.0 Å². The number of halogens is 1. The van der Waals surface area contributed by atoms with Crippen LogP contribution in [-0.4, -0.2) is 34.5 Å². The van der Waals surface area contributed by atoms with Crippen molar-refractivity contribution < 1.29 is 13.9 Å². The summed E-state index contributed by atoms with van der Waals surface area (Å²) >= 11 is 0. The van der Waals surface area contributed by atoms with E-state index < -0.39 is 6.10 Å². The number of pyridine rings is 1. The quantitative estimate of drug-likeness (QED) is 0.614. The first-order chi connectivity index (χ1) is 12.6. The van der Waals surface area contributed by atoms with E-state index in [2.05, 4.69) is 16.5 Å². The second-order valence-electron chi connectivity index (χ2n) is 7.33. The first kappa shape index (κ1) is 17.2. The molecular formula is C21H23FN2O2. The van der Waals surface area contributed by atoms with Gasteiger partial charge in [0.15, 0.2) is 0 Å². The van der Waals surface area contributed by atoms with Gasteiger partial charge in [0.2, 0.25) is 0 Å². The number of benzene rings is 1. The number of hydrogen-bond acceptors (Lipinski definition) is 4. The van der Waals surface area contributed by atoms with Crippen molar-refractivity contribution in [3.8, 4) is 0 Å². The largest absolute Gasteiger partial charge is 0.456 e. The highest BCUT2D eigenvalue weighted by Crippen LogP contribution is 2.43. The number of hydrogen-bond donors (Lipinski definition) is 0. The second kappa shape index (κ2) is 6.80. The first-order valence-electron chi connectivity index (χ1n) is 9.16. The van der Waals surface area contributed by atoms with Crippen molar-refractivity contribution in [2.45, 2.75) is 44.4 Å². The van der Waals surface area contributed by atoms with Crippen molar-refractivity contribution >= 4 is 16.9 Å². The molecule has 1 aromatic heterocycles. The molecule has 0 saturated carbocycles. The Labute approximate surface area is 152 Å². The van der Waals surface area contributed by atoms with Crippen molar-refractivity contribution in [2.24, 2.45) is 5.92 Å². The Bertz CT molecular complexity index is 853. The van der Waals surface area contributed by atoms with Crippen molar-refractivity contribution in [1.29, 1.82) is 0 Å². The lowest BCUT2D eigenvalue weighted by molar-refractivity contribution is -0.155. The predicted octanol–water partition coefficient (Wildman–Crippen LogP) is 4.02. The maximum Gasteiger partial charge on any atom is 0.303 e. The third-order valence-electron chi connectivity index (χ3n) is 5.76. The highest BCUT2D eigenvalue weighted by Gasteiger charge is 2.44. The van der Waals surface area contributed by atoms with Crippen molar-refractivity contribution in [3.63, 3.8) is 0 Å². The summed E-state index contributed by atoms with van der Waals surface area (Å²) in [6.45, 7) is 6.39. The average molecular weight is 354 g/mol. The topological polar surface area (TPSA) is 42.4 Å². The Morgan fingerprint density at radius 2 is 2.27 bits per heavy atom. The molecule has 4 nitrogen and oxygen atoms in total. The molecule has 2 aromatic rings. The zero-order chi connectivity index (χ0) is 18.3. The molecule has 3 fully saturated rings. The standard InChI is InChI=1S/C21H23FN2O2/c1-3-16-10-14-7-9-24(16)20(11-14)21(26-13(2)25)17-6-8-23-19-5-4-15(22)12-18(17)19/h3-6,8,12,14,16,20-21H,1,7,9-11H2,2H3/t14-,16-,20-,21?/m0/s1. The van der Waals surface area contributed by atoms with Crippen molar-refractivity contribution in [3.05, 3.63) is 54.5 Å². The Morgan fingerprint density at radius 3 is 3.00 bits per heavy atom. The zero-order valence-electron chi connectivity index (χ0n) is 14.9. The molecule has 3 aliphatic heterocycles. The number of carbonyl (C=O) groups is 1. The first-order valence-corrected chi connectivity index (χ1v) is 9.16. The lowest BCUT2D eigenvalue weighted by Gasteiger charge is -2.51. The van der Waals surface area contributed by atoms with Crippen LogP contribution in [-0.2, 0) is 9.53 Å². The van der Waals surface area contributed by atoms with Crippen LogP contribution in [0.4, 0.5) is 4.39 Å². The number of ether oxygens (including phenoxy) is 1. The summed E-state index contributed by atoms with van der Waals surface area (Å²) in [6, 6.07) is 6.77. The van der Waals surface area contributed by atoms with Crippen LogP contribution >= 0.6 is 0 Å². The highest BCUT2D eigenvalue weighted by molar-refractivity contribution is 5.83. The predicted molar refractivity (Wildman–Crippen MR) is 98.0 cm³/mol. The molecule has 3 aliphatic rings. The zero-order valence-corrected chi connectivity index (χ0v) is 14.9. The van der Waals surface area contributed by atoms with Crippen LogP contribution in [0.3, 0.4) is 0 Å². The van der Waals surface area contributed by atoms with Gasteiger partial charge >= 0.3 is 5.97 Å². The van der Waals surface area contributed by atoms with E-state index in [4.69, 9.17) is 4.74 Å². The van der Waals surface area contributed by atoms with E-state index in [1.807, 2.05) is 12.1 Å². The number of nitrogens with zero attached hydrogens (tertiary/aromatic N) is 2. The summed E-state index contributed by atoms with van der Waals surface area (Å²) in [5, 5.41) is 0.705. The Balaban J connectivity index is 1.80. The van der Waals surface area contributed by atoms with Crippen LogP contribution in [0.5, 0.6) is 0 Å². The minimum absolute atomic E-state index is 0.0725. The monoisotopic (exact) mass is 354 g/mol. The fraction of sp³-hybridized carbons (Fsp3) is 0.429. The number of piperidine rings is 3. The normalized spacial score (nSPS) is 28.7. The van der Waals surface area contributed by atoms with Crippen molar-refractivity contribution in [2.75, 3.05) is 6.54 Å². The van der Waals surface area contributed by atoms with Crippen molar-refractivity contribution in [1.82, 2.24) is 9.88 Å². The highest BCUT2D eigenvalue weighted by atomic mass is 19.1. The fourth-order valence-corrected chi connectivity index (χ4v) is 4.64. The molecule has 1 unspecified atom stereocenters. The second-order valence-corrected chi connectivity index (χ2v) is 7.33. The molecule has 136 valence electrons. The average Bonchev–Trinajstić information content (AvgIpc) is 2.65. The van der Waals surface area contributed by atoms with E-state index in [-0.39, 0.29) is 17.8 Å². The van der Waals surface area contributed by atoms with Crippen LogP contribution in [0.2, 0.25) is 0 Å². The maximum absolute atomic E-state index is 13.9. The van der Waals surface area contributed by atoms with E-state index in [1.54, 1.807) is 12.3 Å². The minimum Gasteiger partial charge on any atom is -0.456 e. The lowest BCUT2D eigenvalue weighted by atomic mass is 9.76. The molecule has 0 amide bonds. The molecule has 3 saturated heterocycles. The molecule has 26 heavy (non-hydrogen) atoms. The molecule has 1 aromatic carbocycles. The summed E-state index contributed by atoms with van der Waals surface area (Å²) in [7, 11) is 0. The summed E-state index contributed by atoms with van der Waals surface area (Å²) in [5.74, 6) is -0.0344. The lowest BCUT2D eigenvalue weighted by Crippen LogP contribution is -2.56. The van der Waals surface area contributed by atoms with E-state index in [9.17, 15) is 9.18 Å². The van der Waals surface area contributed by atoms with Crippen LogP contribution < -0.4 is 0 Å². The Hall–Kier alpha value is -2.27. The van der Waals surface area contributed by atoms with Gasteiger partial charge in [0.1, 0.15) is 11.9 Å². The molecule has 5 heteroatoms. The third-order valence-corrected chi connectivity index (χ3v) is 5.76. The van der Waals surface area contributed by atoms with E-state index >= 15 is 0 Å². The number of fused-ring (bicyclic) bond motifs is 4. The van der Waals surface area contributed by atoms with Crippen LogP contribution in [0.15, 0.2) is 43.1 Å². The van der Waals surface area contributed by atoms with Gasteiger partial charge in [-0.15, -0.1) is 6.58 Å². The molecule has 0 spiro atoms. The van der Waals surface area contributed by atoms with Gasteiger partial charge in [-0.25, -0.2) is 4.39 Å².